The van der Waals surface area contributed by atoms with Crippen LogP contribution in [0.5, 0.6) is 0 Å². The molecule has 2 heterocycles. The van der Waals surface area contributed by atoms with Crippen LogP contribution in [0.2, 0.25) is 15.8 Å². The molecule has 0 saturated heterocycles. The summed E-state index contributed by atoms with van der Waals surface area (Å²) in [5.74, 6) is 0. The van der Waals surface area contributed by atoms with Crippen LogP contribution in [-0.4, -0.2) is 18.3 Å². The van der Waals surface area contributed by atoms with Crippen molar-refractivity contribution < 1.29 is 4.42 Å². The second kappa shape index (κ2) is 9.19. The summed E-state index contributed by atoms with van der Waals surface area (Å²) in [6, 6.07) is 28.0. The first kappa shape index (κ1) is 22.0. The molecule has 0 aliphatic rings. The summed E-state index contributed by atoms with van der Waals surface area (Å²) in [7, 11) is 0. The van der Waals surface area contributed by atoms with Gasteiger partial charge in [-0.05, 0) is 0 Å². The first-order valence-electron chi connectivity index (χ1n) is 12.1. The van der Waals surface area contributed by atoms with Crippen LogP contribution in [-0.2, 0) is 6.42 Å². The number of para-hydroxylation sites is 1. The normalized spacial score (nSPS) is 12.0. The Hall–Kier alpha value is -2.85. The SMILES string of the molecule is C[CH2][Ge]([CH2]C)([CH2]C)[c]1ccc(-c2ccc3oc4ccccc4c3c2Cc2ccccc2)nc1. The summed E-state index contributed by atoms with van der Waals surface area (Å²) in [5.41, 5.74) is 6.72. The Balaban J connectivity index is 1.69. The number of benzene rings is 3. The number of hydrogen-bond acceptors (Lipinski definition) is 2. The molecule has 3 heteroatoms. The van der Waals surface area contributed by atoms with Gasteiger partial charge in [0.25, 0.3) is 0 Å². The maximum atomic E-state index is 6.22. The van der Waals surface area contributed by atoms with Crippen LogP contribution in [0.3, 0.4) is 0 Å². The minimum absolute atomic E-state index is 0.848. The minimum atomic E-state index is -2.02. The summed E-state index contributed by atoms with van der Waals surface area (Å²) in [6.45, 7) is 7.12. The number of aromatic nitrogens is 1. The van der Waals surface area contributed by atoms with Gasteiger partial charge in [-0.2, -0.15) is 0 Å². The zero-order valence-corrected chi connectivity index (χ0v) is 21.9. The molecule has 0 saturated carbocycles. The van der Waals surface area contributed by atoms with E-state index < -0.39 is 13.3 Å². The fourth-order valence-electron chi connectivity index (χ4n) is 5.34. The van der Waals surface area contributed by atoms with E-state index in [4.69, 9.17) is 9.40 Å². The fourth-order valence-corrected chi connectivity index (χ4v) is 12.7. The van der Waals surface area contributed by atoms with Crippen LogP contribution in [0.25, 0.3) is 33.2 Å². The van der Waals surface area contributed by atoms with Crippen LogP contribution < -0.4 is 4.40 Å². The molecule has 33 heavy (non-hydrogen) atoms. The third kappa shape index (κ3) is 3.91. The van der Waals surface area contributed by atoms with E-state index in [9.17, 15) is 0 Å². The van der Waals surface area contributed by atoms with Gasteiger partial charge in [0.2, 0.25) is 0 Å². The molecule has 2 aromatic heterocycles. The van der Waals surface area contributed by atoms with Crippen molar-refractivity contribution >= 4 is 39.6 Å². The van der Waals surface area contributed by atoms with E-state index in [-0.39, 0.29) is 0 Å². The molecular formula is C30H31GeNO. The second-order valence-corrected chi connectivity index (χ2v) is 20.0. The Morgan fingerprint density at radius 2 is 1.45 bits per heavy atom. The van der Waals surface area contributed by atoms with E-state index in [0.717, 1.165) is 23.3 Å². The first-order chi connectivity index (χ1) is 16.2. The van der Waals surface area contributed by atoms with Crippen molar-refractivity contribution in [2.24, 2.45) is 0 Å². The molecule has 0 fully saturated rings. The molecule has 0 N–H and O–H groups in total. The summed E-state index contributed by atoms with van der Waals surface area (Å²) in [6.07, 6.45) is 3.04. The number of pyridine rings is 1. The Labute approximate surface area is 199 Å². The van der Waals surface area contributed by atoms with Gasteiger partial charge in [-0.3, -0.25) is 0 Å². The third-order valence-corrected chi connectivity index (χ3v) is 19.3. The van der Waals surface area contributed by atoms with E-state index in [0.29, 0.717) is 0 Å². The summed E-state index contributed by atoms with van der Waals surface area (Å²) in [5, 5.41) is 6.34. The topological polar surface area (TPSA) is 26.0 Å². The van der Waals surface area contributed by atoms with E-state index in [1.807, 2.05) is 6.07 Å². The van der Waals surface area contributed by atoms with Gasteiger partial charge in [-0.15, -0.1) is 0 Å². The Bertz CT molecular complexity index is 1370. The molecule has 0 amide bonds. The number of furan rings is 1. The molecular weight excluding hydrogens is 463 g/mol. The Kier molecular flexibility index (Phi) is 6.12. The molecule has 5 aromatic rings. The van der Waals surface area contributed by atoms with Crippen molar-refractivity contribution in [3.05, 3.63) is 96.2 Å². The van der Waals surface area contributed by atoms with Crippen molar-refractivity contribution in [1.82, 2.24) is 4.98 Å². The molecule has 0 radical (unpaired) electrons. The number of hydrogen-bond donors (Lipinski definition) is 0. The Morgan fingerprint density at radius 1 is 0.727 bits per heavy atom. The zero-order valence-electron chi connectivity index (χ0n) is 19.8. The van der Waals surface area contributed by atoms with Crippen LogP contribution in [0.1, 0.15) is 31.9 Å². The van der Waals surface area contributed by atoms with Gasteiger partial charge in [0.05, 0.1) is 0 Å². The fraction of sp³-hybridized carbons (Fsp3) is 0.233. The molecule has 166 valence electrons. The summed E-state index contributed by atoms with van der Waals surface area (Å²) >= 11 is -2.02. The monoisotopic (exact) mass is 495 g/mol. The average molecular weight is 494 g/mol. The van der Waals surface area contributed by atoms with Crippen molar-refractivity contribution in [1.29, 1.82) is 0 Å². The van der Waals surface area contributed by atoms with Gasteiger partial charge in [0.15, 0.2) is 0 Å². The first-order valence-corrected chi connectivity index (χ1v) is 17.6. The van der Waals surface area contributed by atoms with Crippen LogP contribution in [0.4, 0.5) is 0 Å². The van der Waals surface area contributed by atoms with Gasteiger partial charge in [-0.25, -0.2) is 0 Å². The molecule has 0 spiro atoms. The number of fused-ring (bicyclic) bond motifs is 3. The van der Waals surface area contributed by atoms with Gasteiger partial charge < -0.3 is 0 Å². The Morgan fingerprint density at radius 3 is 2.15 bits per heavy atom. The molecule has 0 aliphatic heterocycles. The van der Waals surface area contributed by atoms with Gasteiger partial charge in [-0.1, -0.05) is 0 Å². The van der Waals surface area contributed by atoms with E-state index in [1.54, 1.807) is 0 Å². The van der Waals surface area contributed by atoms with E-state index in [2.05, 4.69) is 99.8 Å². The van der Waals surface area contributed by atoms with Crippen LogP contribution >= 0.6 is 0 Å². The molecule has 5 rings (SSSR count). The van der Waals surface area contributed by atoms with Crippen molar-refractivity contribution in [2.75, 3.05) is 0 Å². The predicted molar refractivity (Wildman–Crippen MR) is 143 cm³/mol. The zero-order chi connectivity index (χ0) is 22.8. The van der Waals surface area contributed by atoms with E-state index >= 15 is 0 Å². The van der Waals surface area contributed by atoms with Crippen molar-refractivity contribution in [2.45, 2.75) is 43.0 Å². The number of nitrogens with zero attached hydrogens (tertiary/aromatic N) is 1. The molecule has 0 aliphatic carbocycles. The molecule has 0 atom stereocenters. The van der Waals surface area contributed by atoms with Gasteiger partial charge >= 0.3 is 199 Å². The summed E-state index contributed by atoms with van der Waals surface area (Å²) < 4.78 is 7.75. The number of rotatable bonds is 7. The maximum absolute atomic E-state index is 6.22. The van der Waals surface area contributed by atoms with E-state index in [1.165, 1.54) is 47.6 Å². The van der Waals surface area contributed by atoms with Gasteiger partial charge in [0.1, 0.15) is 0 Å². The summed E-state index contributed by atoms with van der Waals surface area (Å²) in [4.78, 5) is 5.05. The average Bonchev–Trinajstić information content (AvgIpc) is 3.26. The molecule has 0 unspecified atom stereocenters. The van der Waals surface area contributed by atoms with Gasteiger partial charge in [0, 0.05) is 0 Å². The van der Waals surface area contributed by atoms with Crippen molar-refractivity contribution in [3.63, 3.8) is 0 Å². The molecule has 2 nitrogen and oxygen atoms in total. The third-order valence-electron chi connectivity index (χ3n) is 7.56. The molecule has 0 bridgehead atoms. The second-order valence-electron chi connectivity index (χ2n) is 9.00. The van der Waals surface area contributed by atoms with Crippen LogP contribution in [0, 0.1) is 0 Å². The quantitative estimate of drug-likeness (QED) is 0.215. The standard InChI is InChI=1S/C30H31GeNO/c1-4-31(5-2,6-3)23-16-18-27(32-21-23)24-17-19-29-30(25-14-10-11-15-28(25)33-29)26(24)20-22-12-8-7-9-13-22/h7-19,21H,4-6,20H2,1-3H3. The predicted octanol–water partition coefficient (Wildman–Crippen LogP) is 7.95. The molecule has 3 aromatic carbocycles. The van der Waals surface area contributed by atoms with Crippen molar-refractivity contribution in [3.8, 4) is 11.3 Å². The van der Waals surface area contributed by atoms with Crippen LogP contribution in [0.15, 0.2) is 89.5 Å².